The number of H-pyrrole nitrogens is 1. The number of carboxylic acids is 1. The van der Waals surface area contributed by atoms with E-state index in [0.29, 0.717) is 17.3 Å². The number of carboxylic acid groups (broad SMARTS) is 1. The van der Waals surface area contributed by atoms with Gasteiger partial charge in [0.15, 0.2) is 5.82 Å². The van der Waals surface area contributed by atoms with Crippen LogP contribution in [0.3, 0.4) is 0 Å². The molecule has 0 unspecified atom stereocenters. The van der Waals surface area contributed by atoms with Gasteiger partial charge in [-0.3, -0.25) is 5.10 Å². The summed E-state index contributed by atoms with van der Waals surface area (Å²) >= 11 is 0. The maximum Gasteiger partial charge on any atom is 0.335 e. The molecule has 1 fully saturated rings. The minimum atomic E-state index is -0.897. The molecule has 104 valence electrons. The maximum atomic E-state index is 11.4. The number of rotatable bonds is 3. The van der Waals surface area contributed by atoms with Crippen LogP contribution in [0.4, 0.5) is 0 Å². The van der Waals surface area contributed by atoms with Crippen molar-refractivity contribution >= 4 is 5.97 Å². The van der Waals surface area contributed by atoms with Crippen LogP contribution >= 0.6 is 0 Å². The molecule has 0 bridgehead atoms. The average Bonchev–Trinajstić information content (AvgIpc) is 2.86. The Bertz CT molecular complexity index is 658. The summed E-state index contributed by atoms with van der Waals surface area (Å²) in [5.74, 6) is 0.265. The van der Waals surface area contributed by atoms with Gasteiger partial charge < -0.3 is 5.11 Å². The van der Waals surface area contributed by atoms with E-state index >= 15 is 0 Å². The Morgan fingerprint density at radius 3 is 2.60 bits per heavy atom. The number of carbonyl (C=O) groups is 1. The number of hydrogen-bond donors (Lipinski definition) is 2. The monoisotopic (exact) mass is 271 g/mol. The summed E-state index contributed by atoms with van der Waals surface area (Å²) in [5.41, 5.74) is 4.38. The Balaban J connectivity index is 2.26. The van der Waals surface area contributed by atoms with Crippen LogP contribution in [-0.4, -0.2) is 26.3 Å². The lowest BCUT2D eigenvalue weighted by molar-refractivity contribution is 0.0696. The molecule has 0 amide bonds. The molecule has 1 saturated carbocycles. The predicted molar refractivity (Wildman–Crippen MR) is 74.8 cm³/mol. The van der Waals surface area contributed by atoms with Crippen LogP contribution in [0.15, 0.2) is 12.4 Å². The van der Waals surface area contributed by atoms with Crippen LogP contribution in [0.2, 0.25) is 0 Å². The normalized spacial score (nSPS) is 15.1. The number of aromatic carboxylic acids is 1. The van der Waals surface area contributed by atoms with Crippen molar-refractivity contribution in [2.24, 2.45) is 0 Å². The van der Waals surface area contributed by atoms with Gasteiger partial charge in [0.25, 0.3) is 0 Å². The Morgan fingerprint density at radius 2 is 2.10 bits per heavy atom. The molecule has 0 saturated heterocycles. The fourth-order valence-corrected chi connectivity index (χ4v) is 2.91. The summed E-state index contributed by atoms with van der Waals surface area (Å²) in [6, 6.07) is 1.73. The molecule has 1 aromatic heterocycles. The molecule has 0 aliphatic heterocycles. The van der Waals surface area contributed by atoms with Gasteiger partial charge in [-0.15, -0.1) is 0 Å². The average molecular weight is 271 g/mol. The largest absolute Gasteiger partial charge is 0.478 e. The molecule has 0 atom stereocenters. The van der Waals surface area contributed by atoms with Crippen molar-refractivity contribution in [1.29, 1.82) is 0 Å². The van der Waals surface area contributed by atoms with Crippen LogP contribution in [0.1, 0.15) is 52.2 Å². The SMILES string of the molecule is Cc1c(C(=O)O)cc(-c2ncn[nH]2)c(C2CCC2)c1C. The smallest absolute Gasteiger partial charge is 0.335 e. The highest BCUT2D eigenvalue weighted by molar-refractivity contribution is 5.92. The van der Waals surface area contributed by atoms with Gasteiger partial charge in [-0.25, -0.2) is 9.78 Å². The number of hydrogen-bond acceptors (Lipinski definition) is 3. The van der Waals surface area contributed by atoms with E-state index in [9.17, 15) is 9.90 Å². The van der Waals surface area contributed by atoms with Crippen molar-refractivity contribution in [3.63, 3.8) is 0 Å². The first-order chi connectivity index (χ1) is 9.59. The molecule has 0 radical (unpaired) electrons. The van der Waals surface area contributed by atoms with Gasteiger partial charge in [-0.2, -0.15) is 5.10 Å². The summed E-state index contributed by atoms with van der Waals surface area (Å²) in [7, 11) is 0. The molecule has 1 aliphatic rings. The topological polar surface area (TPSA) is 78.9 Å². The van der Waals surface area contributed by atoms with Crippen molar-refractivity contribution < 1.29 is 9.90 Å². The molecule has 20 heavy (non-hydrogen) atoms. The molecule has 1 aromatic carbocycles. The number of aromatic amines is 1. The first kappa shape index (κ1) is 12.8. The van der Waals surface area contributed by atoms with Gasteiger partial charge in [-0.1, -0.05) is 6.42 Å². The minimum Gasteiger partial charge on any atom is -0.478 e. The van der Waals surface area contributed by atoms with Gasteiger partial charge >= 0.3 is 5.97 Å². The van der Waals surface area contributed by atoms with E-state index < -0.39 is 5.97 Å². The number of nitrogens with one attached hydrogen (secondary N) is 1. The summed E-state index contributed by atoms with van der Waals surface area (Å²) in [6.07, 6.45) is 5.01. The third-order valence-electron chi connectivity index (χ3n) is 4.36. The van der Waals surface area contributed by atoms with Crippen molar-refractivity contribution in [1.82, 2.24) is 15.2 Å². The third kappa shape index (κ3) is 1.90. The summed E-state index contributed by atoms with van der Waals surface area (Å²) in [6.45, 7) is 3.89. The zero-order chi connectivity index (χ0) is 14.3. The standard InChI is InChI=1S/C15H17N3O2/c1-8-9(2)13(10-4-3-5-10)12(6-11(8)15(19)20)14-16-7-17-18-14/h6-7,10H,3-5H2,1-2H3,(H,19,20)(H,16,17,18). The van der Waals surface area contributed by atoms with Crippen LogP contribution in [-0.2, 0) is 0 Å². The highest BCUT2D eigenvalue weighted by Gasteiger charge is 2.28. The van der Waals surface area contributed by atoms with E-state index in [0.717, 1.165) is 29.5 Å². The highest BCUT2D eigenvalue weighted by atomic mass is 16.4. The summed E-state index contributed by atoms with van der Waals surface area (Å²) < 4.78 is 0. The van der Waals surface area contributed by atoms with Crippen molar-refractivity contribution in [3.05, 3.63) is 34.6 Å². The second-order valence-electron chi connectivity index (χ2n) is 5.40. The molecular weight excluding hydrogens is 254 g/mol. The first-order valence-corrected chi connectivity index (χ1v) is 6.82. The zero-order valence-electron chi connectivity index (χ0n) is 11.6. The Kier molecular flexibility index (Phi) is 3.04. The van der Waals surface area contributed by atoms with E-state index in [2.05, 4.69) is 15.2 Å². The Hall–Kier alpha value is -2.17. The quantitative estimate of drug-likeness (QED) is 0.899. The second kappa shape index (κ2) is 4.74. The van der Waals surface area contributed by atoms with Crippen LogP contribution in [0.5, 0.6) is 0 Å². The van der Waals surface area contributed by atoms with Crippen molar-refractivity contribution in [3.8, 4) is 11.4 Å². The Morgan fingerprint density at radius 1 is 1.35 bits per heavy atom. The van der Waals surface area contributed by atoms with E-state index in [4.69, 9.17) is 0 Å². The Labute approximate surface area is 117 Å². The zero-order valence-corrected chi connectivity index (χ0v) is 11.6. The molecule has 2 N–H and O–H groups in total. The maximum absolute atomic E-state index is 11.4. The number of nitrogens with zero attached hydrogens (tertiary/aromatic N) is 2. The van der Waals surface area contributed by atoms with Gasteiger partial charge in [0, 0.05) is 5.56 Å². The molecule has 0 spiro atoms. The van der Waals surface area contributed by atoms with Crippen LogP contribution < -0.4 is 0 Å². The van der Waals surface area contributed by atoms with Gasteiger partial charge in [0.05, 0.1) is 5.56 Å². The number of aromatic nitrogens is 3. The van der Waals surface area contributed by atoms with E-state index in [-0.39, 0.29) is 0 Å². The number of benzene rings is 1. The van der Waals surface area contributed by atoms with Crippen molar-refractivity contribution in [2.45, 2.75) is 39.0 Å². The van der Waals surface area contributed by atoms with Gasteiger partial charge in [0.1, 0.15) is 6.33 Å². The van der Waals surface area contributed by atoms with Crippen LogP contribution in [0, 0.1) is 13.8 Å². The fourth-order valence-electron chi connectivity index (χ4n) is 2.91. The predicted octanol–water partition coefficient (Wildman–Crippen LogP) is 3.05. The lowest BCUT2D eigenvalue weighted by Gasteiger charge is -2.30. The van der Waals surface area contributed by atoms with Gasteiger partial charge in [-0.05, 0) is 55.4 Å². The first-order valence-electron chi connectivity index (χ1n) is 6.82. The lowest BCUT2D eigenvalue weighted by atomic mass is 9.74. The summed E-state index contributed by atoms with van der Waals surface area (Å²) in [5, 5.41) is 16.1. The highest BCUT2D eigenvalue weighted by Crippen LogP contribution is 2.43. The minimum absolute atomic E-state index is 0.344. The molecule has 3 rings (SSSR count). The molecular formula is C15H17N3O2. The summed E-state index contributed by atoms with van der Waals surface area (Å²) in [4.78, 5) is 15.6. The third-order valence-corrected chi connectivity index (χ3v) is 4.36. The fraction of sp³-hybridized carbons (Fsp3) is 0.400. The second-order valence-corrected chi connectivity index (χ2v) is 5.40. The van der Waals surface area contributed by atoms with E-state index in [1.54, 1.807) is 6.07 Å². The molecule has 5 heteroatoms. The molecule has 1 heterocycles. The van der Waals surface area contributed by atoms with Crippen molar-refractivity contribution in [2.75, 3.05) is 0 Å². The molecule has 1 aliphatic carbocycles. The van der Waals surface area contributed by atoms with E-state index in [1.165, 1.54) is 18.3 Å². The van der Waals surface area contributed by atoms with Crippen LogP contribution in [0.25, 0.3) is 11.4 Å². The lowest BCUT2D eigenvalue weighted by Crippen LogP contribution is -2.15. The molecule has 5 nitrogen and oxygen atoms in total. The van der Waals surface area contributed by atoms with E-state index in [1.807, 2.05) is 13.8 Å². The molecule has 2 aromatic rings. The van der Waals surface area contributed by atoms with Gasteiger partial charge in [0.2, 0.25) is 0 Å².